The third-order valence-electron chi connectivity index (χ3n) is 2.03. The Kier molecular flexibility index (Phi) is 1.04. The van der Waals surface area contributed by atoms with E-state index in [0.717, 1.165) is 12.8 Å². The van der Waals surface area contributed by atoms with E-state index >= 15 is 0 Å². The number of aryl methyl sites for hydroxylation is 1. The summed E-state index contributed by atoms with van der Waals surface area (Å²) in [5.74, 6) is 1.11. The molecule has 0 spiro atoms. The minimum absolute atomic E-state index is 0.268. The molecule has 2 rings (SSSR count). The summed E-state index contributed by atoms with van der Waals surface area (Å²) in [5, 5.41) is 4.10. The lowest BCUT2D eigenvalue weighted by Crippen LogP contribution is -2.20. The Hall–Kier alpha value is -1.10. The molecule has 5 heteroatoms. The van der Waals surface area contributed by atoms with Gasteiger partial charge in [0.15, 0.2) is 5.82 Å². The molecule has 0 aliphatic heterocycles. The van der Waals surface area contributed by atoms with Crippen molar-refractivity contribution in [3.05, 3.63) is 5.82 Å². The number of aromatic nitrogens is 3. The third-order valence-corrected chi connectivity index (χ3v) is 2.03. The number of nitrogens with zero attached hydrogens (tertiary/aromatic N) is 3. The number of nitrogens with two attached hydrogens (primary N) is 2. The molecule has 0 atom stereocenters. The molecule has 1 aromatic heterocycles. The van der Waals surface area contributed by atoms with Crippen LogP contribution in [0.3, 0.4) is 0 Å². The van der Waals surface area contributed by atoms with Crippen LogP contribution in [0.25, 0.3) is 0 Å². The van der Waals surface area contributed by atoms with E-state index < -0.39 is 0 Å². The Balaban J connectivity index is 2.39. The van der Waals surface area contributed by atoms with Crippen LogP contribution in [0.5, 0.6) is 0 Å². The van der Waals surface area contributed by atoms with Crippen molar-refractivity contribution in [1.29, 1.82) is 0 Å². The molecule has 11 heavy (non-hydrogen) atoms. The van der Waals surface area contributed by atoms with E-state index in [-0.39, 0.29) is 5.54 Å². The second kappa shape index (κ2) is 1.73. The van der Waals surface area contributed by atoms with Crippen molar-refractivity contribution in [2.45, 2.75) is 18.4 Å². The fourth-order valence-corrected chi connectivity index (χ4v) is 0.966. The SMILES string of the molecule is Cn1nc(C2(N)CC2)nc1N. The van der Waals surface area contributed by atoms with Crippen molar-refractivity contribution in [1.82, 2.24) is 14.8 Å². The number of hydrogen-bond donors (Lipinski definition) is 2. The predicted octanol–water partition coefficient (Wildman–Crippen LogP) is -0.655. The molecule has 0 radical (unpaired) electrons. The second-order valence-corrected chi connectivity index (χ2v) is 3.07. The van der Waals surface area contributed by atoms with E-state index in [9.17, 15) is 0 Å². The van der Waals surface area contributed by atoms with Gasteiger partial charge in [0.1, 0.15) is 0 Å². The van der Waals surface area contributed by atoms with Crippen molar-refractivity contribution in [2.75, 3.05) is 5.73 Å². The molecule has 0 aromatic carbocycles. The quantitative estimate of drug-likeness (QED) is 0.561. The summed E-state index contributed by atoms with van der Waals surface area (Å²) >= 11 is 0. The van der Waals surface area contributed by atoms with Crippen molar-refractivity contribution in [2.24, 2.45) is 12.8 Å². The van der Waals surface area contributed by atoms with Gasteiger partial charge in [-0.15, -0.1) is 0 Å². The highest BCUT2D eigenvalue weighted by Gasteiger charge is 2.44. The summed E-state index contributed by atoms with van der Waals surface area (Å²) < 4.78 is 1.54. The highest BCUT2D eigenvalue weighted by Crippen LogP contribution is 2.40. The molecule has 0 saturated heterocycles. The van der Waals surface area contributed by atoms with Crippen LogP contribution in [0.1, 0.15) is 18.7 Å². The van der Waals surface area contributed by atoms with Crippen molar-refractivity contribution in [3.8, 4) is 0 Å². The van der Waals surface area contributed by atoms with Crippen LogP contribution in [0, 0.1) is 0 Å². The summed E-state index contributed by atoms with van der Waals surface area (Å²) in [5.41, 5.74) is 11.1. The van der Waals surface area contributed by atoms with Gasteiger partial charge in [-0.3, -0.25) is 0 Å². The van der Waals surface area contributed by atoms with Crippen molar-refractivity contribution < 1.29 is 0 Å². The summed E-state index contributed by atoms with van der Waals surface area (Å²) in [4.78, 5) is 4.05. The van der Waals surface area contributed by atoms with Gasteiger partial charge in [-0.05, 0) is 12.8 Å². The number of nitrogen functional groups attached to an aromatic ring is 1. The molecule has 1 aliphatic carbocycles. The largest absolute Gasteiger partial charge is 0.368 e. The van der Waals surface area contributed by atoms with Gasteiger partial charge in [-0.1, -0.05) is 0 Å². The Morgan fingerprint density at radius 2 is 2.18 bits per heavy atom. The molecule has 4 N–H and O–H groups in total. The average Bonchev–Trinajstić information content (AvgIpc) is 2.59. The van der Waals surface area contributed by atoms with E-state index in [1.54, 1.807) is 11.7 Å². The first-order valence-corrected chi connectivity index (χ1v) is 3.58. The van der Waals surface area contributed by atoms with Crippen LogP contribution in [-0.4, -0.2) is 14.8 Å². The molecule has 0 unspecified atom stereocenters. The number of hydrogen-bond acceptors (Lipinski definition) is 4. The van der Waals surface area contributed by atoms with Crippen molar-refractivity contribution >= 4 is 5.95 Å². The van der Waals surface area contributed by atoms with Crippen LogP contribution >= 0.6 is 0 Å². The Morgan fingerprint density at radius 3 is 2.55 bits per heavy atom. The summed E-state index contributed by atoms with van der Waals surface area (Å²) in [6.07, 6.45) is 1.94. The Labute approximate surface area is 64.4 Å². The number of anilines is 1. The molecule has 5 nitrogen and oxygen atoms in total. The van der Waals surface area contributed by atoms with Crippen LogP contribution in [0.4, 0.5) is 5.95 Å². The highest BCUT2D eigenvalue weighted by molar-refractivity contribution is 5.22. The maximum absolute atomic E-state index is 5.86. The molecular weight excluding hydrogens is 142 g/mol. The third kappa shape index (κ3) is 0.883. The fraction of sp³-hybridized carbons (Fsp3) is 0.667. The lowest BCUT2D eigenvalue weighted by atomic mass is 10.3. The molecule has 1 fully saturated rings. The monoisotopic (exact) mass is 153 g/mol. The number of rotatable bonds is 1. The summed E-state index contributed by atoms with van der Waals surface area (Å²) in [6.45, 7) is 0. The van der Waals surface area contributed by atoms with Crippen LogP contribution in [0.15, 0.2) is 0 Å². The summed E-state index contributed by atoms with van der Waals surface area (Å²) in [6, 6.07) is 0. The first-order valence-electron chi connectivity index (χ1n) is 3.58. The van der Waals surface area contributed by atoms with E-state index in [4.69, 9.17) is 11.5 Å². The predicted molar refractivity (Wildman–Crippen MR) is 40.5 cm³/mol. The van der Waals surface area contributed by atoms with E-state index in [1.165, 1.54) is 0 Å². The molecule has 0 bridgehead atoms. The van der Waals surface area contributed by atoms with Gasteiger partial charge in [0.25, 0.3) is 0 Å². The Morgan fingerprint density at radius 1 is 1.55 bits per heavy atom. The Bertz CT molecular complexity index is 266. The first kappa shape index (κ1) is 6.60. The zero-order chi connectivity index (χ0) is 8.06. The smallest absolute Gasteiger partial charge is 0.218 e. The van der Waals surface area contributed by atoms with Gasteiger partial charge < -0.3 is 11.5 Å². The molecule has 1 heterocycles. The van der Waals surface area contributed by atoms with Crippen LogP contribution in [0.2, 0.25) is 0 Å². The first-order chi connectivity index (χ1) is 5.12. The van der Waals surface area contributed by atoms with E-state index in [1.807, 2.05) is 0 Å². The molecule has 1 aromatic rings. The maximum Gasteiger partial charge on any atom is 0.218 e. The van der Waals surface area contributed by atoms with Crippen LogP contribution < -0.4 is 11.5 Å². The zero-order valence-electron chi connectivity index (χ0n) is 6.41. The van der Waals surface area contributed by atoms with Crippen molar-refractivity contribution in [3.63, 3.8) is 0 Å². The van der Waals surface area contributed by atoms with E-state index in [0.29, 0.717) is 11.8 Å². The molecule has 60 valence electrons. The lowest BCUT2D eigenvalue weighted by Gasteiger charge is -1.98. The van der Waals surface area contributed by atoms with E-state index in [2.05, 4.69) is 10.1 Å². The second-order valence-electron chi connectivity index (χ2n) is 3.07. The van der Waals surface area contributed by atoms with Gasteiger partial charge >= 0.3 is 0 Å². The molecule has 1 aliphatic rings. The van der Waals surface area contributed by atoms with Gasteiger partial charge in [0.2, 0.25) is 5.95 Å². The van der Waals surface area contributed by atoms with Gasteiger partial charge in [-0.25, -0.2) is 4.68 Å². The lowest BCUT2D eigenvalue weighted by molar-refractivity contribution is 0.649. The average molecular weight is 153 g/mol. The highest BCUT2D eigenvalue weighted by atomic mass is 15.4. The van der Waals surface area contributed by atoms with Gasteiger partial charge in [0.05, 0.1) is 5.54 Å². The fourth-order valence-electron chi connectivity index (χ4n) is 0.966. The zero-order valence-corrected chi connectivity index (χ0v) is 6.41. The van der Waals surface area contributed by atoms with Gasteiger partial charge in [-0.2, -0.15) is 10.1 Å². The summed E-state index contributed by atoms with van der Waals surface area (Å²) in [7, 11) is 1.76. The maximum atomic E-state index is 5.86. The minimum atomic E-state index is -0.268. The standard InChI is InChI=1S/C6H11N5/c1-11-5(7)9-4(10-11)6(8)2-3-6/h2-3,8H2,1H3,(H2,7,9,10). The minimum Gasteiger partial charge on any atom is -0.368 e. The van der Waals surface area contributed by atoms with Gasteiger partial charge in [0, 0.05) is 7.05 Å². The molecule has 1 saturated carbocycles. The normalized spacial score (nSPS) is 20.2. The van der Waals surface area contributed by atoms with Crippen LogP contribution in [-0.2, 0) is 12.6 Å². The molecule has 0 amide bonds. The topological polar surface area (TPSA) is 82.8 Å². The molecular formula is C6H11N5.